The lowest BCUT2D eigenvalue weighted by Crippen LogP contribution is -2.03. The molecule has 0 aliphatic rings. The Morgan fingerprint density at radius 2 is 1.79 bits per heavy atom. The van der Waals surface area contributed by atoms with Gasteiger partial charge in [-0.05, 0) is 47.9 Å². The molecule has 1 atom stereocenters. The summed E-state index contributed by atoms with van der Waals surface area (Å²) < 4.78 is 2.98. The van der Waals surface area contributed by atoms with Gasteiger partial charge in [0.15, 0.2) is 0 Å². The van der Waals surface area contributed by atoms with Crippen LogP contribution in [-0.2, 0) is 6.42 Å². The van der Waals surface area contributed by atoms with Crippen molar-refractivity contribution in [3.8, 4) is 0 Å². The maximum absolute atomic E-state index is 10.4. The molecule has 100 valence electrons. The number of aryl methyl sites for hydroxylation is 1. The minimum Gasteiger partial charge on any atom is -0.388 e. The molecule has 0 aromatic heterocycles. The monoisotopic (exact) mass is 446 g/mol. The third-order valence-electron chi connectivity index (χ3n) is 2.96. The van der Waals surface area contributed by atoms with Crippen LogP contribution in [0.1, 0.15) is 22.8 Å². The summed E-state index contributed by atoms with van der Waals surface area (Å²) in [6.07, 6.45) is 0.0636. The average molecular weight is 449 g/mol. The number of halogens is 3. The molecule has 1 nitrogen and oxygen atoms in total. The van der Waals surface area contributed by atoms with Crippen molar-refractivity contribution in [2.45, 2.75) is 19.4 Å². The van der Waals surface area contributed by atoms with E-state index in [4.69, 9.17) is 0 Å². The molecule has 0 heterocycles. The van der Waals surface area contributed by atoms with Crippen LogP contribution < -0.4 is 0 Å². The topological polar surface area (TPSA) is 20.2 Å². The average Bonchev–Trinajstić information content (AvgIpc) is 2.33. The first-order chi connectivity index (χ1) is 8.97. The van der Waals surface area contributed by atoms with Crippen LogP contribution >= 0.6 is 47.8 Å². The quantitative estimate of drug-likeness (QED) is 0.651. The van der Waals surface area contributed by atoms with Crippen LogP contribution in [0.15, 0.2) is 49.8 Å². The van der Waals surface area contributed by atoms with E-state index in [1.807, 2.05) is 43.3 Å². The Morgan fingerprint density at radius 1 is 1.05 bits per heavy atom. The highest BCUT2D eigenvalue weighted by molar-refractivity contribution is 9.11. The van der Waals surface area contributed by atoms with Gasteiger partial charge in [-0.3, -0.25) is 0 Å². The van der Waals surface area contributed by atoms with Gasteiger partial charge >= 0.3 is 0 Å². The summed E-state index contributed by atoms with van der Waals surface area (Å²) in [5, 5.41) is 10.4. The van der Waals surface area contributed by atoms with Crippen molar-refractivity contribution in [3.63, 3.8) is 0 Å². The van der Waals surface area contributed by atoms with E-state index < -0.39 is 6.10 Å². The second-order valence-corrected chi connectivity index (χ2v) is 7.10. The number of benzene rings is 2. The van der Waals surface area contributed by atoms with Crippen LogP contribution in [0.2, 0.25) is 0 Å². The molecule has 0 saturated heterocycles. The van der Waals surface area contributed by atoms with E-state index in [0.717, 1.165) is 30.1 Å². The first kappa shape index (κ1) is 15.2. The number of rotatable bonds is 3. The third-order valence-corrected chi connectivity index (χ3v) is 4.99. The highest BCUT2D eigenvalue weighted by Gasteiger charge is 2.14. The van der Waals surface area contributed by atoms with Crippen molar-refractivity contribution in [2.75, 3.05) is 0 Å². The molecule has 2 rings (SSSR count). The van der Waals surface area contributed by atoms with Crippen molar-refractivity contribution in [1.29, 1.82) is 0 Å². The van der Waals surface area contributed by atoms with Gasteiger partial charge < -0.3 is 5.11 Å². The molecule has 0 fully saturated rings. The summed E-state index contributed by atoms with van der Waals surface area (Å²) in [6, 6.07) is 12.0. The van der Waals surface area contributed by atoms with Crippen molar-refractivity contribution in [3.05, 3.63) is 66.5 Å². The fourth-order valence-corrected chi connectivity index (χ4v) is 3.44. The first-order valence-corrected chi connectivity index (χ1v) is 8.23. The number of hydrogen-bond acceptors (Lipinski definition) is 1. The molecule has 0 radical (unpaired) electrons. The Balaban J connectivity index is 2.25. The lowest BCUT2D eigenvalue weighted by molar-refractivity contribution is 0.177. The molecule has 2 aromatic rings. The maximum Gasteiger partial charge on any atom is 0.0841 e. The zero-order chi connectivity index (χ0) is 14.0. The zero-order valence-corrected chi connectivity index (χ0v) is 15.1. The van der Waals surface area contributed by atoms with Crippen molar-refractivity contribution >= 4 is 47.8 Å². The third kappa shape index (κ3) is 3.91. The lowest BCUT2D eigenvalue weighted by atomic mass is 10.0. The minimum absolute atomic E-state index is 0.527. The fourth-order valence-electron chi connectivity index (χ4n) is 1.91. The molecular formula is C15H13Br3O. The summed E-state index contributed by atoms with van der Waals surface area (Å²) in [6.45, 7) is 2.03. The Kier molecular flexibility index (Phi) is 5.23. The minimum atomic E-state index is -0.527. The van der Waals surface area contributed by atoms with Crippen LogP contribution in [0.5, 0.6) is 0 Å². The van der Waals surface area contributed by atoms with E-state index in [2.05, 4.69) is 47.8 Å². The molecule has 0 aliphatic heterocycles. The highest BCUT2D eigenvalue weighted by Crippen LogP contribution is 2.31. The zero-order valence-electron chi connectivity index (χ0n) is 10.3. The Hall–Kier alpha value is -0.160. The molecule has 0 spiro atoms. The number of aliphatic hydroxyl groups is 1. The van der Waals surface area contributed by atoms with Gasteiger partial charge in [-0.1, -0.05) is 59.9 Å². The SMILES string of the molecule is Cc1cc(Br)c(C(O)Cc2cccc(Br)c2)cc1Br. The lowest BCUT2D eigenvalue weighted by Gasteiger charge is -2.15. The highest BCUT2D eigenvalue weighted by atomic mass is 79.9. The summed E-state index contributed by atoms with van der Waals surface area (Å²) in [5.74, 6) is 0. The van der Waals surface area contributed by atoms with Gasteiger partial charge in [0.25, 0.3) is 0 Å². The molecule has 1 unspecified atom stereocenters. The van der Waals surface area contributed by atoms with Gasteiger partial charge in [0.05, 0.1) is 6.10 Å². The normalized spacial score (nSPS) is 12.5. The summed E-state index contributed by atoms with van der Waals surface area (Å²) in [5.41, 5.74) is 3.15. The molecule has 1 N–H and O–H groups in total. The molecular weight excluding hydrogens is 436 g/mol. The second-order valence-electron chi connectivity index (χ2n) is 4.47. The van der Waals surface area contributed by atoms with Gasteiger partial charge in [-0.25, -0.2) is 0 Å². The largest absolute Gasteiger partial charge is 0.388 e. The van der Waals surface area contributed by atoms with E-state index in [-0.39, 0.29) is 0 Å². The number of aliphatic hydroxyl groups excluding tert-OH is 1. The molecule has 0 aliphatic carbocycles. The Labute approximate surface area is 138 Å². The Morgan fingerprint density at radius 3 is 2.47 bits per heavy atom. The molecule has 19 heavy (non-hydrogen) atoms. The van der Waals surface area contributed by atoms with Crippen molar-refractivity contribution in [2.24, 2.45) is 0 Å². The van der Waals surface area contributed by atoms with Gasteiger partial charge in [-0.2, -0.15) is 0 Å². The van der Waals surface area contributed by atoms with Gasteiger partial charge in [0.2, 0.25) is 0 Å². The van der Waals surface area contributed by atoms with E-state index >= 15 is 0 Å². The summed E-state index contributed by atoms with van der Waals surface area (Å²) in [4.78, 5) is 0. The van der Waals surface area contributed by atoms with Crippen LogP contribution in [0.4, 0.5) is 0 Å². The smallest absolute Gasteiger partial charge is 0.0841 e. The standard InChI is InChI=1S/C15H13Br3O/c1-9-5-14(18)12(8-13(9)17)15(19)7-10-3-2-4-11(16)6-10/h2-6,8,15,19H,7H2,1H3. The van der Waals surface area contributed by atoms with E-state index in [1.54, 1.807) is 0 Å². The van der Waals surface area contributed by atoms with Crippen molar-refractivity contribution < 1.29 is 5.11 Å². The summed E-state index contributed by atoms with van der Waals surface area (Å²) >= 11 is 10.5. The van der Waals surface area contributed by atoms with Crippen LogP contribution in [0, 0.1) is 6.92 Å². The predicted octanol–water partition coefficient (Wildman–Crippen LogP) is 5.56. The van der Waals surface area contributed by atoms with Gasteiger partial charge in [0, 0.05) is 19.8 Å². The predicted molar refractivity (Wildman–Crippen MR) is 89.4 cm³/mol. The van der Waals surface area contributed by atoms with Crippen LogP contribution in [0.25, 0.3) is 0 Å². The number of hydrogen-bond donors (Lipinski definition) is 1. The molecule has 0 saturated carbocycles. The summed E-state index contributed by atoms with van der Waals surface area (Å²) in [7, 11) is 0. The molecule has 0 amide bonds. The van der Waals surface area contributed by atoms with E-state index in [1.165, 1.54) is 0 Å². The van der Waals surface area contributed by atoms with Gasteiger partial charge in [-0.15, -0.1) is 0 Å². The van der Waals surface area contributed by atoms with E-state index in [0.29, 0.717) is 6.42 Å². The van der Waals surface area contributed by atoms with Crippen molar-refractivity contribution in [1.82, 2.24) is 0 Å². The fraction of sp³-hybridized carbons (Fsp3) is 0.200. The van der Waals surface area contributed by atoms with Crippen LogP contribution in [0.3, 0.4) is 0 Å². The molecule has 2 aromatic carbocycles. The second kappa shape index (κ2) is 6.53. The Bertz CT molecular complexity index is 596. The molecule has 4 heteroatoms. The maximum atomic E-state index is 10.4. The van der Waals surface area contributed by atoms with E-state index in [9.17, 15) is 5.11 Å². The first-order valence-electron chi connectivity index (χ1n) is 5.85. The molecule has 0 bridgehead atoms. The van der Waals surface area contributed by atoms with Crippen LogP contribution in [-0.4, -0.2) is 5.11 Å². The van der Waals surface area contributed by atoms with Gasteiger partial charge in [0.1, 0.15) is 0 Å².